The number of nitrogens with zero attached hydrogens (tertiary/aromatic N) is 4. The minimum absolute atomic E-state index is 0.343. The third-order valence-electron chi connectivity index (χ3n) is 6.21. The fraction of sp³-hybridized carbons (Fsp3) is 0.409. The summed E-state index contributed by atoms with van der Waals surface area (Å²) in [6, 6.07) is 8.05. The van der Waals surface area contributed by atoms with Crippen LogP contribution >= 0.6 is 0 Å². The number of hydrogen-bond acceptors (Lipinski definition) is 7. The van der Waals surface area contributed by atoms with Gasteiger partial charge in [-0.3, -0.25) is 0 Å². The molecule has 1 aliphatic carbocycles. The highest BCUT2D eigenvalue weighted by Crippen LogP contribution is 2.47. The number of aromatic nitrogens is 3. The Hall–Kier alpha value is -3.16. The average molecular weight is 409 g/mol. The summed E-state index contributed by atoms with van der Waals surface area (Å²) in [5.74, 6) is 1.76. The lowest BCUT2D eigenvalue weighted by molar-refractivity contribution is 0.107. The smallest absolute Gasteiger partial charge is 0.230 e. The van der Waals surface area contributed by atoms with Crippen LogP contribution in [0.4, 0.5) is 22.0 Å². The lowest BCUT2D eigenvalue weighted by Gasteiger charge is -2.48. The van der Waals surface area contributed by atoms with Crippen LogP contribution in [0.5, 0.6) is 5.75 Å². The lowest BCUT2D eigenvalue weighted by atomic mass is 9.64. The molecule has 2 fully saturated rings. The fourth-order valence-electron chi connectivity index (χ4n) is 4.45. The molecule has 1 spiro atoms. The fourth-order valence-corrected chi connectivity index (χ4v) is 4.45. The number of rotatable bonds is 5. The molecule has 30 heavy (non-hydrogen) atoms. The second-order valence-electron chi connectivity index (χ2n) is 8.17. The zero-order valence-corrected chi connectivity index (χ0v) is 16.9. The van der Waals surface area contributed by atoms with Gasteiger partial charge < -0.3 is 19.5 Å². The molecule has 0 amide bonds. The summed E-state index contributed by atoms with van der Waals surface area (Å²) in [4.78, 5) is 11.4. The molecule has 3 heterocycles. The van der Waals surface area contributed by atoms with E-state index in [1.54, 1.807) is 30.5 Å². The predicted molar refractivity (Wildman–Crippen MR) is 111 cm³/mol. The number of anilines is 3. The molecular weight excluding hydrogens is 385 g/mol. The van der Waals surface area contributed by atoms with Crippen molar-refractivity contribution in [1.82, 2.24) is 15.1 Å². The summed E-state index contributed by atoms with van der Waals surface area (Å²) < 4.78 is 24.7. The first-order chi connectivity index (χ1) is 14.6. The summed E-state index contributed by atoms with van der Waals surface area (Å²) in [5, 5.41) is 7.09. The molecule has 2 aromatic heterocycles. The van der Waals surface area contributed by atoms with Gasteiger partial charge in [0.25, 0.3) is 0 Å². The van der Waals surface area contributed by atoms with E-state index >= 15 is 0 Å². The number of ether oxygens (including phenoxy) is 1. The van der Waals surface area contributed by atoms with Crippen LogP contribution in [0.25, 0.3) is 11.3 Å². The van der Waals surface area contributed by atoms with Crippen molar-refractivity contribution in [2.75, 3.05) is 30.4 Å². The maximum absolute atomic E-state index is 14.3. The van der Waals surface area contributed by atoms with Gasteiger partial charge in [0.15, 0.2) is 0 Å². The quantitative estimate of drug-likeness (QED) is 0.649. The highest BCUT2D eigenvalue weighted by Gasteiger charge is 2.41. The highest BCUT2D eigenvalue weighted by molar-refractivity contribution is 5.65. The van der Waals surface area contributed by atoms with Crippen molar-refractivity contribution in [3.8, 4) is 17.0 Å². The SMILES string of the molecule is COc1ccc(-c2cc(Nc3ccnc(N4CCCC5(CCC5)C4)n3)on2)c(F)c1. The van der Waals surface area contributed by atoms with Crippen molar-refractivity contribution in [2.45, 2.75) is 32.1 Å². The monoisotopic (exact) mass is 409 g/mol. The topological polar surface area (TPSA) is 76.3 Å². The van der Waals surface area contributed by atoms with Crippen molar-refractivity contribution < 1.29 is 13.7 Å². The standard InChI is InChI=1S/C22H24FN5O2/c1-29-15-4-5-16(17(23)12-15)18-13-20(30-27-18)25-19-6-10-24-21(26-19)28-11-3-9-22(14-28)7-2-8-22/h4-6,10,12-13H,2-3,7-9,11,14H2,1H3,(H,24,25,26). The second kappa shape index (κ2) is 7.59. The van der Waals surface area contributed by atoms with E-state index in [4.69, 9.17) is 9.26 Å². The number of nitrogens with one attached hydrogen (secondary N) is 1. The lowest BCUT2D eigenvalue weighted by Crippen LogP contribution is -2.47. The van der Waals surface area contributed by atoms with Gasteiger partial charge in [0.1, 0.15) is 23.1 Å². The van der Waals surface area contributed by atoms with Gasteiger partial charge in [-0.25, -0.2) is 9.37 Å². The zero-order valence-electron chi connectivity index (χ0n) is 16.9. The number of hydrogen-bond donors (Lipinski definition) is 1. The maximum Gasteiger partial charge on any atom is 0.230 e. The van der Waals surface area contributed by atoms with Gasteiger partial charge in [-0.1, -0.05) is 11.6 Å². The Morgan fingerprint density at radius 2 is 2.03 bits per heavy atom. The number of benzene rings is 1. The van der Waals surface area contributed by atoms with Gasteiger partial charge in [0, 0.05) is 37.0 Å². The van der Waals surface area contributed by atoms with Crippen molar-refractivity contribution in [3.63, 3.8) is 0 Å². The van der Waals surface area contributed by atoms with Crippen molar-refractivity contribution in [1.29, 1.82) is 0 Å². The van der Waals surface area contributed by atoms with E-state index in [9.17, 15) is 4.39 Å². The third kappa shape index (κ3) is 3.58. The van der Waals surface area contributed by atoms with Gasteiger partial charge in [0.2, 0.25) is 11.8 Å². The van der Waals surface area contributed by atoms with E-state index in [-0.39, 0.29) is 0 Å². The normalized spacial score (nSPS) is 17.6. The van der Waals surface area contributed by atoms with Crippen molar-refractivity contribution in [2.24, 2.45) is 5.41 Å². The van der Waals surface area contributed by atoms with Gasteiger partial charge in [-0.2, -0.15) is 4.98 Å². The van der Waals surface area contributed by atoms with Crippen molar-refractivity contribution >= 4 is 17.7 Å². The summed E-state index contributed by atoms with van der Waals surface area (Å²) in [7, 11) is 1.50. The van der Waals surface area contributed by atoms with Gasteiger partial charge in [-0.05, 0) is 49.3 Å². The first-order valence-corrected chi connectivity index (χ1v) is 10.3. The largest absolute Gasteiger partial charge is 0.497 e. The molecule has 1 saturated heterocycles. The molecule has 1 aliphatic heterocycles. The molecule has 8 heteroatoms. The number of methoxy groups -OCH3 is 1. The van der Waals surface area contributed by atoms with Crippen LogP contribution in [-0.2, 0) is 0 Å². The zero-order chi connectivity index (χ0) is 20.6. The second-order valence-corrected chi connectivity index (χ2v) is 8.17. The van der Waals surface area contributed by atoms with E-state index < -0.39 is 5.82 Å². The number of halogens is 1. The molecule has 0 unspecified atom stereocenters. The summed E-state index contributed by atoms with van der Waals surface area (Å²) in [6.45, 7) is 2.01. The molecule has 1 saturated carbocycles. The first-order valence-electron chi connectivity index (χ1n) is 10.3. The van der Waals surface area contributed by atoms with Crippen molar-refractivity contribution in [3.05, 3.63) is 42.3 Å². The Morgan fingerprint density at radius 1 is 1.17 bits per heavy atom. The van der Waals surface area contributed by atoms with E-state index in [0.717, 1.165) is 19.0 Å². The molecule has 1 N–H and O–H groups in total. The Kier molecular flexibility index (Phi) is 4.77. The van der Waals surface area contributed by atoms with Crippen LogP contribution in [0.1, 0.15) is 32.1 Å². The predicted octanol–water partition coefficient (Wildman–Crippen LogP) is 4.79. The summed E-state index contributed by atoms with van der Waals surface area (Å²) >= 11 is 0. The Balaban J connectivity index is 1.32. The van der Waals surface area contributed by atoms with Gasteiger partial charge in [0.05, 0.1) is 7.11 Å². The first kappa shape index (κ1) is 18.8. The van der Waals surface area contributed by atoms with Crippen LogP contribution in [0.2, 0.25) is 0 Å². The Morgan fingerprint density at radius 3 is 2.80 bits per heavy atom. The molecular formula is C22H24FN5O2. The third-order valence-corrected chi connectivity index (χ3v) is 6.21. The average Bonchev–Trinajstić information content (AvgIpc) is 3.21. The Labute approximate surface area is 174 Å². The van der Waals surface area contributed by atoms with Crippen LogP contribution in [-0.4, -0.2) is 35.3 Å². The minimum Gasteiger partial charge on any atom is -0.497 e. The number of piperidine rings is 1. The maximum atomic E-state index is 14.3. The molecule has 0 radical (unpaired) electrons. The van der Waals surface area contributed by atoms with Crippen LogP contribution in [0, 0.1) is 11.2 Å². The molecule has 2 aliphatic rings. The molecule has 156 valence electrons. The Bertz CT molecular complexity index is 1050. The molecule has 5 rings (SSSR count). The van der Waals surface area contributed by atoms with Crippen LogP contribution in [0.15, 0.2) is 41.1 Å². The highest BCUT2D eigenvalue weighted by atomic mass is 19.1. The van der Waals surface area contributed by atoms with Crippen LogP contribution < -0.4 is 15.0 Å². The molecule has 1 aromatic carbocycles. The van der Waals surface area contributed by atoms with Gasteiger partial charge >= 0.3 is 0 Å². The molecule has 3 aromatic rings. The van der Waals surface area contributed by atoms with E-state index in [1.165, 1.54) is 45.3 Å². The van der Waals surface area contributed by atoms with Crippen LogP contribution in [0.3, 0.4) is 0 Å². The molecule has 7 nitrogen and oxygen atoms in total. The summed E-state index contributed by atoms with van der Waals surface area (Å²) in [5.41, 5.74) is 1.21. The molecule has 0 bridgehead atoms. The summed E-state index contributed by atoms with van der Waals surface area (Å²) in [6.07, 6.45) is 8.19. The van der Waals surface area contributed by atoms with Gasteiger partial charge in [-0.15, -0.1) is 0 Å². The minimum atomic E-state index is -0.423. The molecule has 0 atom stereocenters. The van der Waals surface area contributed by atoms with E-state index in [1.807, 2.05) is 0 Å². The van der Waals surface area contributed by atoms with E-state index in [0.29, 0.717) is 34.1 Å². The van der Waals surface area contributed by atoms with E-state index in [2.05, 4.69) is 25.3 Å².